The third kappa shape index (κ3) is 8.04. The molecule has 1 unspecified atom stereocenters. The second-order valence-corrected chi connectivity index (χ2v) is 12.7. The van der Waals surface area contributed by atoms with Gasteiger partial charge in [0.2, 0.25) is 11.8 Å². The fourth-order valence-electron chi connectivity index (χ4n) is 6.17. The van der Waals surface area contributed by atoms with Crippen LogP contribution < -0.4 is 10.2 Å². The quantitative estimate of drug-likeness (QED) is 0.195. The van der Waals surface area contributed by atoms with Crippen LogP contribution in [0.4, 0.5) is 14.5 Å². The highest BCUT2D eigenvalue weighted by Gasteiger charge is 2.48. The lowest BCUT2D eigenvalue weighted by Gasteiger charge is -2.48. The number of benzene rings is 3. The van der Waals surface area contributed by atoms with Crippen molar-refractivity contribution in [1.82, 2.24) is 5.32 Å². The second-order valence-electron chi connectivity index (χ2n) is 12.7. The van der Waals surface area contributed by atoms with Crippen molar-refractivity contribution in [2.45, 2.75) is 63.3 Å². The smallest absolute Gasteiger partial charge is 0.326 e. The van der Waals surface area contributed by atoms with E-state index in [1.807, 2.05) is 24.3 Å². The first-order chi connectivity index (χ1) is 22.5. The number of hydrogen-bond acceptors (Lipinski definition) is 6. The molecule has 2 fully saturated rings. The zero-order chi connectivity index (χ0) is 33.7. The van der Waals surface area contributed by atoms with Gasteiger partial charge in [0.15, 0.2) is 0 Å². The molecule has 0 radical (unpaired) electrons. The summed E-state index contributed by atoms with van der Waals surface area (Å²) in [7, 11) is 0. The Hall–Kier alpha value is -4.19. The van der Waals surface area contributed by atoms with E-state index in [0.717, 1.165) is 11.1 Å². The average Bonchev–Trinajstić information content (AvgIpc) is 3.02. The van der Waals surface area contributed by atoms with Gasteiger partial charge in [-0.1, -0.05) is 50.2 Å². The van der Waals surface area contributed by atoms with E-state index in [0.29, 0.717) is 50.1 Å². The summed E-state index contributed by atoms with van der Waals surface area (Å²) in [5, 5.41) is 22.6. The van der Waals surface area contributed by atoms with Gasteiger partial charge in [-0.3, -0.25) is 9.59 Å². The minimum Gasteiger partial charge on any atom is -0.480 e. The topological polar surface area (TPSA) is 125 Å². The third-order valence-electron chi connectivity index (χ3n) is 8.98. The van der Waals surface area contributed by atoms with Crippen molar-refractivity contribution in [3.05, 3.63) is 101 Å². The van der Waals surface area contributed by atoms with Gasteiger partial charge in [0.05, 0.1) is 31.3 Å². The molecule has 2 heterocycles. The first-order valence-corrected chi connectivity index (χ1v) is 15.8. The van der Waals surface area contributed by atoms with Gasteiger partial charge in [0.25, 0.3) is 0 Å². The molecule has 2 amide bonds. The lowest BCUT2D eigenvalue weighted by atomic mass is 9.77. The van der Waals surface area contributed by atoms with Crippen molar-refractivity contribution in [1.29, 1.82) is 0 Å². The number of anilines is 1. The number of carbonyl (C=O) groups excluding carboxylic acids is 2. The number of nitrogens with zero attached hydrogens (tertiary/aromatic N) is 1. The highest BCUT2D eigenvalue weighted by molar-refractivity contribution is 6.03. The number of rotatable bonds is 15. The molecule has 2 aliphatic rings. The Kier molecular flexibility index (Phi) is 10.7. The van der Waals surface area contributed by atoms with E-state index >= 15 is 0 Å². The van der Waals surface area contributed by atoms with Gasteiger partial charge < -0.3 is 29.9 Å². The summed E-state index contributed by atoms with van der Waals surface area (Å²) in [6.45, 7) is 3.75. The second kappa shape index (κ2) is 14.7. The van der Waals surface area contributed by atoms with Crippen LogP contribution in [0.5, 0.6) is 0 Å². The molecule has 0 aromatic heterocycles. The van der Waals surface area contributed by atoms with Crippen molar-refractivity contribution >= 4 is 23.5 Å². The van der Waals surface area contributed by atoms with E-state index < -0.39 is 47.2 Å². The number of aliphatic carboxylic acids is 1. The fraction of sp³-hybridized carbons (Fsp3) is 0.417. The molecule has 2 saturated heterocycles. The Balaban J connectivity index is 1.27. The first kappa shape index (κ1) is 34.2. The molecule has 3 aromatic rings. The van der Waals surface area contributed by atoms with Gasteiger partial charge >= 0.3 is 5.97 Å². The minimum atomic E-state index is -1.10. The maximum atomic E-state index is 13.7. The summed E-state index contributed by atoms with van der Waals surface area (Å²) < 4.78 is 38.5. The molecule has 0 spiro atoms. The molecule has 250 valence electrons. The standard InChI is InChI=1S/C36H40F2N2O7/c1-22(2)32(35(44)45)39-31(42)19-47-36(20-46-21-36)17-16-23-4-3-5-25(18-23)33-29(14-15-30(41)24-6-8-26(37)9-7-24)34(43)40(33)28-12-10-27(38)11-13-28/h3-13,18,22,29-30,32-33,41H,14-17,19-21H2,1-2H3,(H,39,42)(H,44,45)/t29-,30+,32?,33-/m1/s1. The molecule has 4 atom stereocenters. The molecule has 2 aliphatic heterocycles. The highest BCUT2D eigenvalue weighted by Crippen LogP contribution is 2.46. The lowest BCUT2D eigenvalue weighted by molar-refractivity contribution is -0.212. The van der Waals surface area contributed by atoms with Crippen molar-refractivity contribution < 1.29 is 42.9 Å². The summed E-state index contributed by atoms with van der Waals surface area (Å²) in [6.07, 6.45) is 0.967. The van der Waals surface area contributed by atoms with Crippen molar-refractivity contribution in [3.63, 3.8) is 0 Å². The summed E-state index contributed by atoms with van der Waals surface area (Å²) in [5.41, 5.74) is 2.33. The first-order valence-electron chi connectivity index (χ1n) is 15.8. The SMILES string of the molecule is CC(C)C(NC(=O)COC1(CCc2cccc([C@@H]3[C@@H](CC[C@H](O)c4ccc(F)cc4)C(=O)N3c3ccc(F)cc3)c2)COC1)C(=O)O. The van der Waals surface area contributed by atoms with Crippen LogP contribution in [0, 0.1) is 23.5 Å². The Bertz CT molecular complexity index is 1560. The molecule has 11 heteroatoms. The molecule has 47 heavy (non-hydrogen) atoms. The third-order valence-corrected chi connectivity index (χ3v) is 8.98. The van der Waals surface area contributed by atoms with Gasteiger partial charge in [0, 0.05) is 5.69 Å². The van der Waals surface area contributed by atoms with E-state index in [1.54, 1.807) is 30.9 Å². The molecule has 0 saturated carbocycles. The number of halogens is 2. The number of carboxylic acids is 1. The van der Waals surface area contributed by atoms with Crippen LogP contribution in [-0.2, 0) is 30.3 Å². The molecular formula is C36H40F2N2O7. The van der Waals surface area contributed by atoms with Crippen LogP contribution >= 0.6 is 0 Å². The number of hydrogen-bond donors (Lipinski definition) is 3. The molecule has 3 aromatic carbocycles. The van der Waals surface area contributed by atoms with Crippen LogP contribution in [0.2, 0.25) is 0 Å². The number of aryl methyl sites for hydroxylation is 1. The Morgan fingerprint density at radius 1 is 1.04 bits per heavy atom. The number of aliphatic hydroxyl groups is 1. The summed E-state index contributed by atoms with van der Waals surface area (Å²) in [4.78, 5) is 39.1. The summed E-state index contributed by atoms with van der Waals surface area (Å²) in [5.74, 6) is -3.26. The van der Waals surface area contributed by atoms with Gasteiger partial charge in [0.1, 0.15) is 29.9 Å². The van der Waals surface area contributed by atoms with Crippen molar-refractivity contribution in [2.24, 2.45) is 11.8 Å². The van der Waals surface area contributed by atoms with Crippen LogP contribution in [0.3, 0.4) is 0 Å². The zero-order valence-corrected chi connectivity index (χ0v) is 26.4. The van der Waals surface area contributed by atoms with E-state index in [9.17, 15) is 33.4 Å². The van der Waals surface area contributed by atoms with Gasteiger partial charge in [-0.2, -0.15) is 0 Å². The fourth-order valence-corrected chi connectivity index (χ4v) is 6.17. The maximum Gasteiger partial charge on any atom is 0.326 e. The molecule has 0 bridgehead atoms. The van der Waals surface area contributed by atoms with E-state index in [-0.39, 0.29) is 24.5 Å². The van der Waals surface area contributed by atoms with Crippen LogP contribution in [0.25, 0.3) is 0 Å². The molecule has 0 aliphatic carbocycles. The molecule has 5 rings (SSSR count). The summed E-state index contributed by atoms with van der Waals surface area (Å²) in [6, 6.07) is 17.9. The zero-order valence-electron chi connectivity index (χ0n) is 26.4. The molecular weight excluding hydrogens is 610 g/mol. The number of carbonyl (C=O) groups is 3. The van der Waals surface area contributed by atoms with Gasteiger partial charge in [-0.25, -0.2) is 13.6 Å². The molecule has 3 N–H and O–H groups in total. The van der Waals surface area contributed by atoms with Crippen molar-refractivity contribution in [2.75, 3.05) is 24.7 Å². The number of aliphatic hydroxyl groups excluding tert-OH is 1. The van der Waals surface area contributed by atoms with Crippen LogP contribution in [0.1, 0.15) is 61.9 Å². The number of nitrogens with one attached hydrogen (secondary N) is 1. The van der Waals surface area contributed by atoms with E-state index in [1.165, 1.54) is 36.4 Å². The predicted molar refractivity (Wildman–Crippen MR) is 169 cm³/mol. The normalized spacial score (nSPS) is 19.9. The number of amides is 2. The van der Waals surface area contributed by atoms with Gasteiger partial charge in [-0.15, -0.1) is 0 Å². The van der Waals surface area contributed by atoms with E-state index in [4.69, 9.17) is 9.47 Å². The highest BCUT2D eigenvalue weighted by atomic mass is 19.1. The van der Waals surface area contributed by atoms with Crippen LogP contribution in [0.15, 0.2) is 72.8 Å². The molecule has 9 nitrogen and oxygen atoms in total. The number of ether oxygens (including phenoxy) is 2. The Morgan fingerprint density at radius 3 is 2.30 bits per heavy atom. The Labute approximate surface area is 272 Å². The summed E-state index contributed by atoms with van der Waals surface area (Å²) >= 11 is 0. The maximum absolute atomic E-state index is 13.7. The lowest BCUT2D eigenvalue weighted by Crippen LogP contribution is -2.55. The number of carboxylic acid groups (broad SMARTS) is 1. The van der Waals surface area contributed by atoms with Crippen LogP contribution in [-0.4, -0.2) is 59.5 Å². The van der Waals surface area contributed by atoms with Gasteiger partial charge in [-0.05, 0) is 84.7 Å². The largest absolute Gasteiger partial charge is 0.480 e. The predicted octanol–water partition coefficient (Wildman–Crippen LogP) is 5.13. The average molecular weight is 651 g/mol. The monoisotopic (exact) mass is 650 g/mol. The van der Waals surface area contributed by atoms with Crippen molar-refractivity contribution in [3.8, 4) is 0 Å². The minimum absolute atomic E-state index is 0.127. The van der Waals surface area contributed by atoms with E-state index in [2.05, 4.69) is 5.32 Å². The number of β-lactam (4-membered cyclic amide) rings is 1. The Morgan fingerprint density at radius 2 is 1.70 bits per heavy atom.